The molecule has 0 N–H and O–H groups in total. The Hall–Kier alpha value is -1.08. The highest BCUT2D eigenvalue weighted by atomic mass is 79.9. The summed E-state index contributed by atoms with van der Waals surface area (Å²) in [7, 11) is 0. The standard InChI is InChI=1S/C11H11BrFNO/c12-8-9-7-10(13)3-4-11(9)15-6-2-1-5-14/h3-4,7H,1-2,6,8H2. The molecule has 0 saturated heterocycles. The van der Waals surface area contributed by atoms with E-state index in [1.165, 1.54) is 12.1 Å². The molecule has 0 bridgehead atoms. The third-order valence-corrected chi connectivity index (χ3v) is 2.46. The highest BCUT2D eigenvalue weighted by Gasteiger charge is 2.03. The molecule has 0 radical (unpaired) electrons. The van der Waals surface area contributed by atoms with Crippen molar-refractivity contribution in [3.63, 3.8) is 0 Å². The normalized spacial score (nSPS) is 9.67. The van der Waals surface area contributed by atoms with Crippen LogP contribution >= 0.6 is 15.9 Å². The van der Waals surface area contributed by atoms with Gasteiger partial charge in [0.15, 0.2) is 0 Å². The Morgan fingerprint density at radius 3 is 2.93 bits per heavy atom. The molecule has 0 aliphatic heterocycles. The quantitative estimate of drug-likeness (QED) is 0.608. The average Bonchev–Trinajstić information content (AvgIpc) is 2.26. The molecular formula is C11H11BrFNO. The molecule has 0 atom stereocenters. The smallest absolute Gasteiger partial charge is 0.123 e. The van der Waals surface area contributed by atoms with E-state index < -0.39 is 0 Å². The monoisotopic (exact) mass is 271 g/mol. The molecule has 2 nitrogen and oxygen atoms in total. The molecule has 0 saturated carbocycles. The van der Waals surface area contributed by atoms with Crippen molar-refractivity contribution in [1.29, 1.82) is 5.26 Å². The maximum absolute atomic E-state index is 12.9. The fourth-order valence-electron chi connectivity index (χ4n) is 1.13. The molecule has 4 heteroatoms. The number of ether oxygens (including phenoxy) is 1. The zero-order valence-corrected chi connectivity index (χ0v) is 9.76. The Labute approximate surface area is 96.8 Å². The van der Waals surface area contributed by atoms with E-state index in [0.29, 0.717) is 30.5 Å². The van der Waals surface area contributed by atoms with Crippen LogP contribution in [0.1, 0.15) is 18.4 Å². The van der Waals surface area contributed by atoms with Crippen LogP contribution in [0.4, 0.5) is 4.39 Å². The molecule has 1 rings (SSSR count). The molecule has 0 heterocycles. The van der Waals surface area contributed by atoms with Crippen molar-refractivity contribution in [3.8, 4) is 11.8 Å². The van der Waals surface area contributed by atoms with Crippen LogP contribution in [0.5, 0.6) is 5.75 Å². The van der Waals surface area contributed by atoms with Crippen LogP contribution in [0.2, 0.25) is 0 Å². The minimum atomic E-state index is -0.270. The average molecular weight is 272 g/mol. The lowest BCUT2D eigenvalue weighted by Crippen LogP contribution is -1.99. The molecule has 0 amide bonds. The fourth-order valence-corrected chi connectivity index (χ4v) is 1.56. The van der Waals surface area contributed by atoms with Gasteiger partial charge in [0.25, 0.3) is 0 Å². The third-order valence-electron chi connectivity index (χ3n) is 1.86. The van der Waals surface area contributed by atoms with E-state index in [0.717, 1.165) is 5.56 Å². The van der Waals surface area contributed by atoms with Gasteiger partial charge in [0.05, 0.1) is 12.7 Å². The van der Waals surface area contributed by atoms with Crippen LogP contribution < -0.4 is 4.74 Å². The van der Waals surface area contributed by atoms with Gasteiger partial charge in [-0.1, -0.05) is 15.9 Å². The first-order valence-electron chi connectivity index (χ1n) is 4.62. The summed E-state index contributed by atoms with van der Waals surface area (Å²) in [5.74, 6) is 0.403. The fraction of sp³-hybridized carbons (Fsp3) is 0.364. The predicted octanol–water partition coefficient (Wildman–Crippen LogP) is 3.40. The van der Waals surface area contributed by atoms with Crippen LogP contribution in [-0.2, 0) is 5.33 Å². The maximum atomic E-state index is 12.9. The molecule has 0 aromatic heterocycles. The van der Waals surface area contributed by atoms with Crippen LogP contribution in [0.15, 0.2) is 18.2 Å². The molecular weight excluding hydrogens is 261 g/mol. The molecule has 0 unspecified atom stereocenters. The Kier molecular flexibility index (Phi) is 5.13. The highest BCUT2D eigenvalue weighted by molar-refractivity contribution is 9.08. The lowest BCUT2D eigenvalue weighted by Gasteiger charge is -2.08. The number of rotatable bonds is 5. The van der Waals surface area contributed by atoms with Gasteiger partial charge in [0.1, 0.15) is 11.6 Å². The topological polar surface area (TPSA) is 33.0 Å². The zero-order chi connectivity index (χ0) is 11.1. The lowest BCUT2D eigenvalue weighted by atomic mass is 10.2. The van der Waals surface area contributed by atoms with E-state index in [9.17, 15) is 4.39 Å². The summed E-state index contributed by atoms with van der Waals surface area (Å²) in [5.41, 5.74) is 0.784. The van der Waals surface area contributed by atoms with Gasteiger partial charge in [-0.3, -0.25) is 0 Å². The highest BCUT2D eigenvalue weighted by Crippen LogP contribution is 2.22. The van der Waals surface area contributed by atoms with Crippen molar-refractivity contribution in [2.45, 2.75) is 18.2 Å². The van der Waals surface area contributed by atoms with Crippen LogP contribution in [0.25, 0.3) is 0 Å². The SMILES string of the molecule is N#CCCCOc1ccc(F)cc1CBr. The first-order chi connectivity index (χ1) is 7.27. The van der Waals surface area contributed by atoms with Gasteiger partial charge >= 0.3 is 0 Å². The number of nitrogens with zero attached hydrogens (tertiary/aromatic N) is 1. The van der Waals surface area contributed by atoms with Crippen LogP contribution in [0.3, 0.4) is 0 Å². The van der Waals surface area contributed by atoms with E-state index in [-0.39, 0.29) is 5.82 Å². The Morgan fingerprint density at radius 1 is 1.47 bits per heavy atom. The molecule has 0 fully saturated rings. The van der Waals surface area contributed by atoms with Crippen LogP contribution in [0, 0.1) is 17.1 Å². The van der Waals surface area contributed by atoms with E-state index in [1.54, 1.807) is 6.07 Å². The first kappa shape index (κ1) is 12.0. The third kappa shape index (κ3) is 3.88. The number of nitriles is 1. The van der Waals surface area contributed by atoms with Crippen molar-refractivity contribution < 1.29 is 9.13 Å². The second-order valence-corrected chi connectivity index (χ2v) is 3.56. The Balaban J connectivity index is 2.57. The van der Waals surface area contributed by atoms with Gasteiger partial charge in [-0.2, -0.15) is 5.26 Å². The van der Waals surface area contributed by atoms with Gasteiger partial charge in [-0.15, -0.1) is 0 Å². The Morgan fingerprint density at radius 2 is 2.27 bits per heavy atom. The molecule has 15 heavy (non-hydrogen) atoms. The summed E-state index contributed by atoms with van der Waals surface area (Å²) in [6.45, 7) is 0.485. The second-order valence-electron chi connectivity index (χ2n) is 3.00. The first-order valence-corrected chi connectivity index (χ1v) is 5.74. The largest absolute Gasteiger partial charge is 0.493 e. The predicted molar refractivity (Wildman–Crippen MR) is 59.4 cm³/mol. The zero-order valence-electron chi connectivity index (χ0n) is 8.17. The summed E-state index contributed by atoms with van der Waals surface area (Å²) in [6, 6.07) is 6.46. The van der Waals surface area contributed by atoms with Crippen molar-refractivity contribution in [3.05, 3.63) is 29.6 Å². The van der Waals surface area contributed by atoms with E-state index in [2.05, 4.69) is 15.9 Å². The molecule has 80 valence electrons. The van der Waals surface area contributed by atoms with Crippen molar-refractivity contribution in [2.75, 3.05) is 6.61 Å². The van der Waals surface area contributed by atoms with Crippen molar-refractivity contribution in [2.24, 2.45) is 0 Å². The number of hydrogen-bond acceptors (Lipinski definition) is 2. The van der Waals surface area contributed by atoms with Gasteiger partial charge in [0.2, 0.25) is 0 Å². The van der Waals surface area contributed by atoms with E-state index >= 15 is 0 Å². The minimum Gasteiger partial charge on any atom is -0.493 e. The minimum absolute atomic E-state index is 0.270. The molecule has 1 aromatic carbocycles. The summed E-state index contributed by atoms with van der Waals surface area (Å²) < 4.78 is 18.3. The second kappa shape index (κ2) is 6.41. The summed E-state index contributed by atoms with van der Waals surface area (Å²) in [6.07, 6.45) is 1.17. The number of benzene rings is 1. The summed E-state index contributed by atoms with van der Waals surface area (Å²) in [5, 5.41) is 8.89. The van der Waals surface area contributed by atoms with Gasteiger partial charge < -0.3 is 4.74 Å². The molecule has 1 aromatic rings. The van der Waals surface area contributed by atoms with Gasteiger partial charge in [-0.05, 0) is 24.6 Å². The van der Waals surface area contributed by atoms with Gasteiger partial charge in [-0.25, -0.2) is 4.39 Å². The van der Waals surface area contributed by atoms with Crippen molar-refractivity contribution in [1.82, 2.24) is 0 Å². The number of unbranched alkanes of at least 4 members (excludes halogenated alkanes) is 1. The summed E-state index contributed by atoms with van der Waals surface area (Å²) in [4.78, 5) is 0. The van der Waals surface area contributed by atoms with Crippen molar-refractivity contribution >= 4 is 15.9 Å². The molecule has 0 aliphatic rings. The maximum Gasteiger partial charge on any atom is 0.123 e. The Bertz CT molecular complexity index is 362. The number of alkyl halides is 1. The van der Waals surface area contributed by atoms with E-state index in [4.69, 9.17) is 10.00 Å². The van der Waals surface area contributed by atoms with E-state index in [1.807, 2.05) is 6.07 Å². The number of hydrogen-bond donors (Lipinski definition) is 0. The lowest BCUT2D eigenvalue weighted by molar-refractivity contribution is 0.310. The van der Waals surface area contributed by atoms with Gasteiger partial charge in [0, 0.05) is 17.3 Å². The van der Waals surface area contributed by atoms with Crippen LogP contribution in [-0.4, -0.2) is 6.61 Å². The summed E-state index contributed by atoms with van der Waals surface area (Å²) >= 11 is 3.27. The molecule has 0 spiro atoms. The molecule has 0 aliphatic carbocycles. The number of halogens is 2.